The fourth-order valence-electron chi connectivity index (χ4n) is 3.03. The van der Waals surface area contributed by atoms with Crippen LogP contribution >= 0.6 is 0 Å². The predicted molar refractivity (Wildman–Crippen MR) is 80.4 cm³/mol. The molecule has 1 aromatic rings. The van der Waals surface area contributed by atoms with Crippen molar-refractivity contribution < 1.29 is 4.74 Å². The Morgan fingerprint density at radius 1 is 1.21 bits per heavy atom. The van der Waals surface area contributed by atoms with E-state index in [1.54, 1.807) is 0 Å². The van der Waals surface area contributed by atoms with Crippen LogP contribution in [0.15, 0.2) is 24.3 Å². The molecular formula is C17H27NO. The Balaban J connectivity index is 1.95. The molecular weight excluding hydrogens is 234 g/mol. The third-order valence-electron chi connectivity index (χ3n) is 4.35. The van der Waals surface area contributed by atoms with E-state index < -0.39 is 0 Å². The van der Waals surface area contributed by atoms with Gasteiger partial charge in [-0.15, -0.1) is 0 Å². The minimum Gasteiger partial charge on any atom is -0.381 e. The second kappa shape index (κ2) is 7.06. The summed E-state index contributed by atoms with van der Waals surface area (Å²) in [6.45, 7) is 4.46. The minimum absolute atomic E-state index is 0.456. The van der Waals surface area contributed by atoms with E-state index in [1.165, 1.54) is 24.0 Å². The number of hydrogen-bond donors (Lipinski definition) is 1. The molecule has 1 aromatic carbocycles. The Hall–Kier alpha value is -0.860. The molecule has 0 bridgehead atoms. The number of aryl methyl sites for hydroxylation is 1. The molecule has 1 N–H and O–H groups in total. The summed E-state index contributed by atoms with van der Waals surface area (Å²) in [6, 6.07) is 10.2. The van der Waals surface area contributed by atoms with Gasteiger partial charge >= 0.3 is 0 Å². The maximum Gasteiger partial charge on any atom is 0.0586 e. The van der Waals surface area contributed by atoms with E-state index in [4.69, 9.17) is 4.74 Å². The Labute approximate surface area is 117 Å². The van der Waals surface area contributed by atoms with Crippen molar-refractivity contribution in [3.05, 3.63) is 35.4 Å². The predicted octanol–water partition coefficient (Wildman–Crippen LogP) is 3.86. The fourth-order valence-corrected chi connectivity index (χ4v) is 3.03. The molecule has 19 heavy (non-hydrogen) atoms. The number of ether oxygens (including phenoxy) is 1. The first kappa shape index (κ1) is 14.5. The van der Waals surface area contributed by atoms with E-state index >= 15 is 0 Å². The Morgan fingerprint density at radius 3 is 2.47 bits per heavy atom. The van der Waals surface area contributed by atoms with Crippen LogP contribution < -0.4 is 5.32 Å². The normalized spacial score (nSPS) is 24.6. The summed E-state index contributed by atoms with van der Waals surface area (Å²) in [6.07, 6.45) is 6.29. The first-order chi connectivity index (χ1) is 9.26. The molecule has 1 fully saturated rings. The molecule has 0 amide bonds. The lowest BCUT2D eigenvalue weighted by Gasteiger charge is -2.22. The highest BCUT2D eigenvalue weighted by atomic mass is 16.5. The molecule has 2 rings (SSSR count). The highest BCUT2D eigenvalue weighted by Gasteiger charge is 2.26. The lowest BCUT2D eigenvalue weighted by atomic mass is 10.0. The molecule has 1 saturated carbocycles. The van der Waals surface area contributed by atoms with E-state index in [1.807, 2.05) is 7.11 Å². The van der Waals surface area contributed by atoms with Gasteiger partial charge in [0.05, 0.1) is 6.10 Å². The van der Waals surface area contributed by atoms with Crippen LogP contribution in [0.2, 0.25) is 0 Å². The number of hydrogen-bond acceptors (Lipinski definition) is 2. The van der Waals surface area contributed by atoms with Crippen molar-refractivity contribution in [3.63, 3.8) is 0 Å². The van der Waals surface area contributed by atoms with Crippen LogP contribution in [0.4, 0.5) is 0 Å². The zero-order valence-electron chi connectivity index (χ0n) is 12.5. The lowest BCUT2D eigenvalue weighted by Crippen LogP contribution is -2.31. The summed E-state index contributed by atoms with van der Waals surface area (Å²) in [4.78, 5) is 0. The highest BCUT2D eigenvalue weighted by molar-refractivity contribution is 5.25. The van der Waals surface area contributed by atoms with Gasteiger partial charge in [0, 0.05) is 19.2 Å². The van der Waals surface area contributed by atoms with E-state index in [9.17, 15) is 0 Å². The van der Waals surface area contributed by atoms with Crippen molar-refractivity contribution in [2.24, 2.45) is 0 Å². The zero-order valence-corrected chi connectivity index (χ0v) is 12.5. The van der Waals surface area contributed by atoms with Gasteiger partial charge < -0.3 is 10.1 Å². The molecule has 1 aliphatic carbocycles. The first-order valence-electron chi connectivity index (χ1n) is 7.64. The van der Waals surface area contributed by atoms with Crippen LogP contribution in [0.1, 0.15) is 56.7 Å². The summed E-state index contributed by atoms with van der Waals surface area (Å²) in [5.74, 6) is 0. The van der Waals surface area contributed by atoms with Crippen LogP contribution in [-0.4, -0.2) is 19.3 Å². The molecule has 106 valence electrons. The molecule has 0 aliphatic heterocycles. The van der Waals surface area contributed by atoms with Crippen molar-refractivity contribution in [1.29, 1.82) is 0 Å². The van der Waals surface area contributed by atoms with E-state index in [2.05, 4.69) is 43.4 Å². The molecule has 0 spiro atoms. The van der Waals surface area contributed by atoms with Gasteiger partial charge in [-0.1, -0.05) is 38.1 Å². The summed E-state index contributed by atoms with van der Waals surface area (Å²) in [7, 11) is 1.83. The molecule has 0 radical (unpaired) electrons. The SMILES string of the molecule is CCc1ccc(C(CC)NC2CCC(OC)C2)cc1. The maximum atomic E-state index is 5.45. The van der Waals surface area contributed by atoms with E-state index in [0.717, 1.165) is 19.3 Å². The average Bonchev–Trinajstić information content (AvgIpc) is 2.92. The Bertz CT molecular complexity index is 373. The summed E-state index contributed by atoms with van der Waals surface area (Å²) >= 11 is 0. The second-order valence-electron chi connectivity index (χ2n) is 5.59. The standard InChI is InChI=1S/C17H27NO/c1-4-13-6-8-14(9-7-13)17(5-2)18-15-10-11-16(12-15)19-3/h6-9,15-18H,4-5,10-12H2,1-3H3. The van der Waals surface area contributed by atoms with Gasteiger partial charge in [-0.3, -0.25) is 0 Å². The monoisotopic (exact) mass is 261 g/mol. The minimum atomic E-state index is 0.456. The third-order valence-corrected chi connectivity index (χ3v) is 4.35. The third kappa shape index (κ3) is 3.80. The molecule has 0 heterocycles. The van der Waals surface area contributed by atoms with Crippen molar-refractivity contribution in [2.75, 3.05) is 7.11 Å². The van der Waals surface area contributed by atoms with Gasteiger partial charge in [0.25, 0.3) is 0 Å². The van der Waals surface area contributed by atoms with Crippen LogP contribution in [0, 0.1) is 0 Å². The maximum absolute atomic E-state index is 5.45. The average molecular weight is 261 g/mol. The molecule has 3 unspecified atom stereocenters. The van der Waals surface area contributed by atoms with Crippen molar-refractivity contribution in [1.82, 2.24) is 5.32 Å². The Morgan fingerprint density at radius 2 is 1.95 bits per heavy atom. The van der Waals surface area contributed by atoms with Gasteiger partial charge in [-0.2, -0.15) is 0 Å². The quantitative estimate of drug-likeness (QED) is 0.839. The fraction of sp³-hybridized carbons (Fsp3) is 0.647. The first-order valence-corrected chi connectivity index (χ1v) is 7.64. The topological polar surface area (TPSA) is 21.3 Å². The van der Waals surface area contributed by atoms with Crippen LogP contribution in [0.3, 0.4) is 0 Å². The van der Waals surface area contributed by atoms with Gasteiger partial charge in [-0.25, -0.2) is 0 Å². The molecule has 0 aromatic heterocycles. The van der Waals surface area contributed by atoms with Crippen molar-refractivity contribution >= 4 is 0 Å². The van der Waals surface area contributed by atoms with Crippen LogP contribution in [-0.2, 0) is 11.2 Å². The van der Waals surface area contributed by atoms with Gasteiger partial charge in [-0.05, 0) is 43.2 Å². The molecule has 2 nitrogen and oxygen atoms in total. The van der Waals surface area contributed by atoms with Gasteiger partial charge in [0.2, 0.25) is 0 Å². The molecule has 3 atom stereocenters. The Kier molecular flexibility index (Phi) is 5.41. The number of benzene rings is 1. The van der Waals surface area contributed by atoms with E-state index in [0.29, 0.717) is 18.2 Å². The van der Waals surface area contributed by atoms with E-state index in [-0.39, 0.29) is 0 Å². The second-order valence-corrected chi connectivity index (χ2v) is 5.59. The highest BCUT2D eigenvalue weighted by Crippen LogP contribution is 2.26. The summed E-state index contributed by atoms with van der Waals surface area (Å²) < 4.78 is 5.45. The lowest BCUT2D eigenvalue weighted by molar-refractivity contribution is 0.106. The molecule has 2 heteroatoms. The largest absolute Gasteiger partial charge is 0.381 e. The summed E-state index contributed by atoms with van der Waals surface area (Å²) in [5.41, 5.74) is 2.83. The smallest absolute Gasteiger partial charge is 0.0586 e. The number of nitrogens with one attached hydrogen (secondary N) is 1. The summed E-state index contributed by atoms with van der Waals surface area (Å²) in [5, 5.41) is 3.80. The molecule has 1 aliphatic rings. The van der Waals surface area contributed by atoms with Crippen molar-refractivity contribution in [2.45, 2.75) is 64.1 Å². The van der Waals surface area contributed by atoms with Crippen molar-refractivity contribution in [3.8, 4) is 0 Å². The zero-order chi connectivity index (χ0) is 13.7. The molecule has 0 saturated heterocycles. The van der Waals surface area contributed by atoms with Gasteiger partial charge in [0.1, 0.15) is 0 Å². The van der Waals surface area contributed by atoms with Gasteiger partial charge in [0.15, 0.2) is 0 Å². The number of rotatable bonds is 6. The van der Waals surface area contributed by atoms with Crippen LogP contribution in [0.5, 0.6) is 0 Å². The number of methoxy groups -OCH3 is 1. The van der Waals surface area contributed by atoms with Crippen LogP contribution in [0.25, 0.3) is 0 Å².